The number of halogens is 1. The fourth-order valence-corrected chi connectivity index (χ4v) is 2.20. The van der Waals surface area contributed by atoms with Crippen LogP contribution in [0.25, 0.3) is 0 Å². The molecule has 3 nitrogen and oxygen atoms in total. The second-order valence-corrected chi connectivity index (χ2v) is 4.47. The van der Waals surface area contributed by atoms with Crippen LogP contribution in [0.2, 0.25) is 0 Å². The molecule has 0 bridgehead atoms. The summed E-state index contributed by atoms with van der Waals surface area (Å²) in [6.45, 7) is 0. The quantitative estimate of drug-likeness (QED) is 0.819. The van der Waals surface area contributed by atoms with Crippen molar-refractivity contribution < 1.29 is 19.4 Å². The van der Waals surface area contributed by atoms with E-state index in [1.807, 2.05) is 0 Å². The summed E-state index contributed by atoms with van der Waals surface area (Å²) in [5.74, 6) is -1.67. The Morgan fingerprint density at radius 3 is 2.75 bits per heavy atom. The predicted molar refractivity (Wildman–Crippen MR) is 55.4 cm³/mol. The van der Waals surface area contributed by atoms with Crippen molar-refractivity contribution in [3.8, 4) is 0 Å². The molecule has 1 fully saturated rings. The Hall–Kier alpha value is -1.42. The highest BCUT2D eigenvalue weighted by atomic mass is 19.1. The van der Waals surface area contributed by atoms with Crippen molar-refractivity contribution in [3.05, 3.63) is 35.6 Å². The van der Waals surface area contributed by atoms with Crippen LogP contribution in [0, 0.1) is 11.7 Å². The summed E-state index contributed by atoms with van der Waals surface area (Å²) in [5.41, 5.74) is -0.275. The molecule has 1 aromatic rings. The molecule has 16 heavy (non-hydrogen) atoms. The lowest BCUT2D eigenvalue weighted by Crippen LogP contribution is -2.48. The summed E-state index contributed by atoms with van der Waals surface area (Å²) in [5, 5.41) is 18.7. The highest BCUT2D eigenvalue weighted by Gasteiger charge is 2.46. The van der Waals surface area contributed by atoms with Gasteiger partial charge in [-0.1, -0.05) is 12.1 Å². The number of carboxylic acids is 1. The van der Waals surface area contributed by atoms with Crippen molar-refractivity contribution in [1.82, 2.24) is 0 Å². The number of hydrogen-bond donors (Lipinski definition) is 2. The van der Waals surface area contributed by atoms with Crippen molar-refractivity contribution in [2.24, 2.45) is 5.92 Å². The third-order valence-electron chi connectivity index (χ3n) is 3.02. The lowest BCUT2D eigenvalue weighted by atomic mass is 9.68. The van der Waals surface area contributed by atoms with Gasteiger partial charge >= 0.3 is 5.97 Å². The maximum atomic E-state index is 12.9. The van der Waals surface area contributed by atoms with E-state index in [1.54, 1.807) is 12.1 Å². The molecule has 0 spiro atoms. The van der Waals surface area contributed by atoms with Gasteiger partial charge in [-0.3, -0.25) is 4.79 Å². The molecule has 0 saturated heterocycles. The zero-order chi connectivity index (χ0) is 11.8. The molecule has 0 heterocycles. The van der Waals surface area contributed by atoms with E-state index in [0.29, 0.717) is 12.0 Å². The first-order valence-corrected chi connectivity index (χ1v) is 5.18. The molecular weight excluding hydrogens is 211 g/mol. The molecule has 4 heteroatoms. The molecule has 0 amide bonds. The molecule has 1 aliphatic rings. The Balaban J connectivity index is 1.99. The lowest BCUT2D eigenvalue weighted by Gasteiger charge is -2.41. The van der Waals surface area contributed by atoms with Crippen molar-refractivity contribution >= 4 is 5.97 Å². The van der Waals surface area contributed by atoms with Crippen LogP contribution in [0.1, 0.15) is 18.4 Å². The minimum atomic E-state index is -0.975. The van der Waals surface area contributed by atoms with Crippen LogP contribution in [0.15, 0.2) is 24.3 Å². The Morgan fingerprint density at radius 2 is 2.19 bits per heavy atom. The minimum absolute atomic E-state index is 0.249. The van der Waals surface area contributed by atoms with Crippen molar-refractivity contribution in [2.45, 2.75) is 24.9 Å². The van der Waals surface area contributed by atoms with E-state index < -0.39 is 17.5 Å². The Morgan fingerprint density at radius 1 is 1.50 bits per heavy atom. The average molecular weight is 224 g/mol. The Kier molecular flexibility index (Phi) is 2.68. The number of aliphatic hydroxyl groups is 1. The molecule has 0 atom stereocenters. The first kappa shape index (κ1) is 11.1. The fraction of sp³-hybridized carbons (Fsp3) is 0.417. The SMILES string of the molecule is O=C(O)C1CC(O)(Cc2cccc(F)c2)C1. The first-order valence-electron chi connectivity index (χ1n) is 5.18. The standard InChI is InChI=1S/C12H13FO3/c13-10-3-1-2-8(4-10)5-12(16)6-9(7-12)11(14)15/h1-4,9,16H,5-7H2,(H,14,15). The summed E-state index contributed by atoms with van der Waals surface area (Å²) >= 11 is 0. The molecule has 0 aromatic heterocycles. The van der Waals surface area contributed by atoms with Gasteiger partial charge in [0.15, 0.2) is 0 Å². The fourth-order valence-electron chi connectivity index (χ4n) is 2.20. The number of carbonyl (C=O) groups is 1. The van der Waals surface area contributed by atoms with Crippen LogP contribution in [-0.4, -0.2) is 21.8 Å². The number of hydrogen-bond acceptors (Lipinski definition) is 2. The topological polar surface area (TPSA) is 57.5 Å². The molecule has 1 saturated carbocycles. The second kappa shape index (κ2) is 3.87. The van der Waals surface area contributed by atoms with E-state index in [-0.39, 0.29) is 18.7 Å². The van der Waals surface area contributed by atoms with Crippen molar-refractivity contribution in [3.63, 3.8) is 0 Å². The van der Waals surface area contributed by atoms with Gasteiger partial charge in [0.05, 0.1) is 11.5 Å². The Bertz CT molecular complexity index is 410. The summed E-state index contributed by atoms with van der Waals surface area (Å²) < 4.78 is 12.9. The van der Waals surface area contributed by atoms with Gasteiger partial charge in [-0.2, -0.15) is 0 Å². The molecule has 2 N–H and O–H groups in total. The highest BCUT2D eigenvalue weighted by molar-refractivity contribution is 5.71. The van der Waals surface area contributed by atoms with Gasteiger partial charge in [0.2, 0.25) is 0 Å². The van der Waals surface area contributed by atoms with Gasteiger partial charge in [0.25, 0.3) is 0 Å². The zero-order valence-electron chi connectivity index (χ0n) is 8.69. The number of carboxylic acid groups (broad SMARTS) is 1. The van der Waals surface area contributed by atoms with Gasteiger partial charge in [0, 0.05) is 6.42 Å². The second-order valence-electron chi connectivity index (χ2n) is 4.47. The molecular formula is C12H13FO3. The maximum absolute atomic E-state index is 12.9. The van der Waals surface area contributed by atoms with Gasteiger partial charge in [-0.05, 0) is 30.5 Å². The molecule has 1 aliphatic carbocycles. The average Bonchev–Trinajstić information content (AvgIpc) is 2.13. The predicted octanol–water partition coefficient (Wildman–Crippen LogP) is 1.59. The summed E-state index contributed by atoms with van der Waals surface area (Å²) in [7, 11) is 0. The van der Waals surface area contributed by atoms with E-state index >= 15 is 0 Å². The summed E-state index contributed by atoms with van der Waals surface area (Å²) in [4.78, 5) is 10.6. The van der Waals surface area contributed by atoms with Crippen LogP contribution in [0.3, 0.4) is 0 Å². The Labute approximate surface area is 92.5 Å². The monoisotopic (exact) mass is 224 g/mol. The van der Waals surface area contributed by atoms with Crippen LogP contribution < -0.4 is 0 Å². The van der Waals surface area contributed by atoms with Gasteiger partial charge < -0.3 is 10.2 Å². The van der Waals surface area contributed by atoms with Crippen LogP contribution in [-0.2, 0) is 11.2 Å². The molecule has 0 aliphatic heterocycles. The van der Waals surface area contributed by atoms with Crippen molar-refractivity contribution in [2.75, 3.05) is 0 Å². The third-order valence-corrected chi connectivity index (χ3v) is 3.02. The van der Waals surface area contributed by atoms with Crippen LogP contribution >= 0.6 is 0 Å². The maximum Gasteiger partial charge on any atom is 0.306 e. The lowest BCUT2D eigenvalue weighted by molar-refractivity contribution is -0.158. The molecule has 1 aromatic carbocycles. The molecule has 2 rings (SSSR count). The van der Waals surface area contributed by atoms with E-state index in [9.17, 15) is 14.3 Å². The number of aliphatic carboxylic acids is 1. The van der Waals surface area contributed by atoms with E-state index in [0.717, 1.165) is 0 Å². The number of benzene rings is 1. The molecule has 86 valence electrons. The van der Waals surface area contributed by atoms with E-state index in [4.69, 9.17) is 5.11 Å². The third kappa shape index (κ3) is 2.22. The van der Waals surface area contributed by atoms with Crippen molar-refractivity contribution in [1.29, 1.82) is 0 Å². The molecule has 0 unspecified atom stereocenters. The highest BCUT2D eigenvalue weighted by Crippen LogP contribution is 2.40. The van der Waals surface area contributed by atoms with Gasteiger partial charge in [-0.15, -0.1) is 0 Å². The minimum Gasteiger partial charge on any atom is -0.481 e. The van der Waals surface area contributed by atoms with Gasteiger partial charge in [0.1, 0.15) is 5.82 Å². The van der Waals surface area contributed by atoms with Crippen LogP contribution in [0.5, 0.6) is 0 Å². The summed E-state index contributed by atoms with van der Waals surface area (Å²) in [6, 6.07) is 6.02. The number of rotatable bonds is 3. The summed E-state index contributed by atoms with van der Waals surface area (Å²) in [6.07, 6.45) is 0.812. The normalized spacial score (nSPS) is 28.5. The smallest absolute Gasteiger partial charge is 0.306 e. The van der Waals surface area contributed by atoms with E-state index in [2.05, 4.69) is 0 Å². The largest absolute Gasteiger partial charge is 0.481 e. The molecule has 0 radical (unpaired) electrons. The van der Waals surface area contributed by atoms with E-state index in [1.165, 1.54) is 12.1 Å². The van der Waals surface area contributed by atoms with Gasteiger partial charge in [-0.25, -0.2) is 4.39 Å². The van der Waals surface area contributed by atoms with Crippen LogP contribution in [0.4, 0.5) is 4.39 Å². The first-order chi connectivity index (χ1) is 7.48. The zero-order valence-corrected chi connectivity index (χ0v) is 8.69.